The van der Waals surface area contributed by atoms with Gasteiger partial charge in [-0.3, -0.25) is 0 Å². The van der Waals surface area contributed by atoms with Crippen LogP contribution >= 0.6 is 0 Å². The van der Waals surface area contributed by atoms with Gasteiger partial charge in [-0.05, 0) is 85.0 Å². The summed E-state index contributed by atoms with van der Waals surface area (Å²) in [5.41, 5.74) is 8.62. The van der Waals surface area contributed by atoms with Gasteiger partial charge in [0.05, 0.1) is 0 Å². The Morgan fingerprint density at radius 1 is 0.692 bits per heavy atom. The Morgan fingerprint density at radius 2 is 1.04 bits per heavy atom. The number of hydrogen-bond acceptors (Lipinski definition) is 2. The second-order valence-electron chi connectivity index (χ2n) is 8.55. The van der Waals surface area contributed by atoms with Crippen molar-refractivity contribution >= 4 is 0 Å². The lowest BCUT2D eigenvalue weighted by Gasteiger charge is -2.48. The Balaban J connectivity index is 2.59. The maximum Gasteiger partial charge on any atom is 0.121 e. The summed E-state index contributed by atoms with van der Waals surface area (Å²) in [6.45, 7) is 17.1. The average molecular weight is 353 g/mol. The van der Waals surface area contributed by atoms with Crippen molar-refractivity contribution in [1.29, 1.82) is 0 Å². The first-order chi connectivity index (χ1) is 12.0. The van der Waals surface area contributed by atoms with Gasteiger partial charge >= 0.3 is 0 Å². The van der Waals surface area contributed by atoms with Gasteiger partial charge in [-0.15, -0.1) is 0 Å². The molecule has 3 rings (SSSR count). The Bertz CT molecular complexity index is 840. The zero-order chi connectivity index (χ0) is 19.6. The minimum atomic E-state index is -0.232. The maximum atomic E-state index is 10.7. The van der Waals surface area contributed by atoms with Crippen molar-refractivity contribution in [2.24, 2.45) is 0 Å². The van der Waals surface area contributed by atoms with E-state index in [1.54, 1.807) is 0 Å². The van der Waals surface area contributed by atoms with Crippen LogP contribution in [0.1, 0.15) is 85.0 Å². The van der Waals surface area contributed by atoms with E-state index in [9.17, 15) is 10.2 Å². The Labute approximate surface area is 157 Å². The van der Waals surface area contributed by atoms with Crippen molar-refractivity contribution in [2.45, 2.75) is 79.1 Å². The molecule has 0 amide bonds. The van der Waals surface area contributed by atoms with Crippen molar-refractivity contribution in [3.8, 4) is 11.5 Å². The number of hydrogen-bond donors (Lipinski definition) is 2. The van der Waals surface area contributed by atoms with E-state index < -0.39 is 0 Å². The zero-order valence-corrected chi connectivity index (χ0v) is 17.5. The van der Waals surface area contributed by atoms with Crippen molar-refractivity contribution in [2.75, 3.05) is 0 Å². The molecule has 0 saturated heterocycles. The molecule has 2 aromatic rings. The smallest absolute Gasteiger partial charge is 0.121 e. The molecule has 1 aliphatic rings. The van der Waals surface area contributed by atoms with Crippen LogP contribution in [-0.2, 0) is 10.8 Å². The summed E-state index contributed by atoms with van der Waals surface area (Å²) >= 11 is 0. The van der Waals surface area contributed by atoms with E-state index in [4.69, 9.17) is 0 Å². The Hall–Kier alpha value is -1.96. The van der Waals surface area contributed by atoms with Gasteiger partial charge in [0.15, 0.2) is 0 Å². The molecule has 26 heavy (non-hydrogen) atoms. The summed E-state index contributed by atoms with van der Waals surface area (Å²) in [5, 5.41) is 21.4. The van der Waals surface area contributed by atoms with Crippen LogP contribution in [0.15, 0.2) is 12.1 Å². The predicted octanol–water partition coefficient (Wildman–Crippen LogP) is 6.08. The van der Waals surface area contributed by atoms with E-state index in [-0.39, 0.29) is 10.8 Å². The molecule has 0 atom stereocenters. The highest BCUT2D eigenvalue weighted by molar-refractivity contribution is 5.68. The number of phenolic OH excluding ortho intramolecular Hbond substituents is 2. The van der Waals surface area contributed by atoms with Crippen LogP contribution in [0.5, 0.6) is 11.5 Å². The molecule has 2 N–H and O–H groups in total. The summed E-state index contributed by atoms with van der Waals surface area (Å²) in [6, 6.07) is 4.38. The molecule has 0 spiro atoms. The van der Waals surface area contributed by atoms with Crippen LogP contribution in [0, 0.1) is 27.7 Å². The highest BCUT2D eigenvalue weighted by Crippen LogP contribution is 2.57. The van der Waals surface area contributed by atoms with Gasteiger partial charge < -0.3 is 10.2 Å². The zero-order valence-electron chi connectivity index (χ0n) is 17.5. The Kier molecular flexibility index (Phi) is 4.18. The second-order valence-corrected chi connectivity index (χ2v) is 8.55. The molecule has 1 aliphatic carbocycles. The first-order valence-corrected chi connectivity index (χ1v) is 9.72. The van der Waals surface area contributed by atoms with Gasteiger partial charge in [0.2, 0.25) is 0 Å². The minimum absolute atomic E-state index is 0.133. The fourth-order valence-corrected chi connectivity index (χ4v) is 5.24. The molecule has 0 aliphatic heterocycles. The normalized spacial score (nSPS) is 24.3. The largest absolute Gasteiger partial charge is 0.507 e. The number of aryl methyl sites for hydroxylation is 2. The van der Waals surface area contributed by atoms with Crippen LogP contribution in [0.3, 0.4) is 0 Å². The third-order valence-electron chi connectivity index (χ3n) is 7.17. The summed E-state index contributed by atoms with van der Waals surface area (Å²) in [6.07, 6.45) is 1.89. The van der Waals surface area contributed by atoms with Crippen LogP contribution < -0.4 is 0 Å². The van der Waals surface area contributed by atoms with E-state index in [0.717, 1.165) is 35.1 Å². The van der Waals surface area contributed by atoms with Crippen LogP contribution in [0.4, 0.5) is 0 Å². The first-order valence-electron chi connectivity index (χ1n) is 9.72. The number of rotatable bonds is 2. The summed E-state index contributed by atoms with van der Waals surface area (Å²) < 4.78 is 0. The fourth-order valence-electron chi connectivity index (χ4n) is 5.24. The third-order valence-corrected chi connectivity index (χ3v) is 7.17. The minimum Gasteiger partial charge on any atom is -0.507 e. The molecule has 0 radical (unpaired) electrons. The molecule has 2 aromatic carbocycles. The monoisotopic (exact) mass is 352 g/mol. The second kappa shape index (κ2) is 5.77. The van der Waals surface area contributed by atoms with Crippen molar-refractivity contribution in [3.05, 3.63) is 56.6 Å². The molecule has 0 saturated carbocycles. The van der Waals surface area contributed by atoms with E-state index in [2.05, 4.69) is 39.8 Å². The number of benzene rings is 2. The summed E-state index contributed by atoms with van der Waals surface area (Å²) in [4.78, 5) is 0. The molecular formula is C24H32O2. The topological polar surface area (TPSA) is 40.5 Å². The number of fused-ring (bicyclic) bond motifs is 2. The summed E-state index contributed by atoms with van der Waals surface area (Å²) in [7, 11) is 0. The lowest BCUT2D eigenvalue weighted by atomic mass is 9.55. The van der Waals surface area contributed by atoms with Crippen LogP contribution in [0.2, 0.25) is 0 Å². The van der Waals surface area contributed by atoms with Gasteiger partial charge in [0, 0.05) is 10.8 Å². The molecule has 0 aromatic heterocycles. The predicted molar refractivity (Wildman–Crippen MR) is 109 cm³/mol. The lowest BCUT2D eigenvalue weighted by molar-refractivity contribution is 0.418. The van der Waals surface area contributed by atoms with Gasteiger partial charge in [-0.2, -0.15) is 0 Å². The van der Waals surface area contributed by atoms with E-state index >= 15 is 0 Å². The van der Waals surface area contributed by atoms with E-state index in [1.807, 2.05) is 27.7 Å². The van der Waals surface area contributed by atoms with E-state index in [0.29, 0.717) is 11.5 Å². The first kappa shape index (κ1) is 18.8. The van der Waals surface area contributed by atoms with Crippen molar-refractivity contribution in [1.82, 2.24) is 0 Å². The molecular weight excluding hydrogens is 320 g/mol. The number of phenols is 2. The van der Waals surface area contributed by atoms with Gasteiger partial charge in [-0.25, -0.2) is 0 Å². The Morgan fingerprint density at radius 3 is 1.35 bits per heavy atom. The van der Waals surface area contributed by atoms with Crippen molar-refractivity contribution in [3.63, 3.8) is 0 Å². The maximum absolute atomic E-state index is 10.7. The molecule has 140 valence electrons. The molecule has 0 heterocycles. The van der Waals surface area contributed by atoms with Crippen LogP contribution in [-0.4, -0.2) is 10.2 Å². The standard InChI is InChI=1S/C24H32O2/c1-9-23(7)17-11-13(3)21(25)15(5)19(17)24(8,10-2)20-16(6)22(26)14(4)12-18(20)23/h11-12,25-26H,9-10H2,1-8H3. The molecule has 2 nitrogen and oxygen atoms in total. The number of aromatic hydroxyl groups is 2. The molecule has 0 fully saturated rings. The fraction of sp³-hybridized carbons (Fsp3) is 0.500. The summed E-state index contributed by atoms with van der Waals surface area (Å²) in [5.74, 6) is 0.804. The van der Waals surface area contributed by atoms with Gasteiger partial charge in [-0.1, -0.05) is 39.8 Å². The van der Waals surface area contributed by atoms with Crippen molar-refractivity contribution < 1.29 is 10.2 Å². The average Bonchev–Trinajstić information content (AvgIpc) is 2.61. The molecule has 2 heteroatoms. The highest BCUT2D eigenvalue weighted by atomic mass is 16.3. The quantitative estimate of drug-likeness (QED) is 0.688. The molecule has 0 bridgehead atoms. The highest BCUT2D eigenvalue weighted by Gasteiger charge is 2.47. The third kappa shape index (κ3) is 2.11. The molecule has 0 unspecified atom stereocenters. The SMILES string of the molecule is CCC1(C)c2cc(C)c(O)c(C)c2C(C)(CC)c2c1cc(C)c(O)c2C. The van der Waals surface area contributed by atoms with E-state index in [1.165, 1.54) is 22.3 Å². The van der Waals surface area contributed by atoms with Crippen LogP contribution in [0.25, 0.3) is 0 Å². The lowest BCUT2D eigenvalue weighted by Crippen LogP contribution is -2.41. The van der Waals surface area contributed by atoms with Gasteiger partial charge in [0.25, 0.3) is 0 Å². The van der Waals surface area contributed by atoms with Gasteiger partial charge in [0.1, 0.15) is 11.5 Å².